The summed E-state index contributed by atoms with van der Waals surface area (Å²) in [6.07, 6.45) is 42.8. The molecular formula is C41H86N2O2. The van der Waals surface area contributed by atoms with E-state index >= 15 is 0 Å². The first kappa shape index (κ1) is 44.8. The fourth-order valence-corrected chi connectivity index (χ4v) is 6.62. The maximum absolute atomic E-state index is 10.8. The number of aliphatic hydroxyl groups excluding tert-OH is 2. The van der Waals surface area contributed by atoms with Crippen LogP contribution in [-0.4, -0.2) is 47.1 Å². The predicted octanol–water partition coefficient (Wildman–Crippen LogP) is 12.4. The van der Waals surface area contributed by atoms with Crippen LogP contribution in [0.5, 0.6) is 0 Å². The van der Waals surface area contributed by atoms with Crippen LogP contribution in [0.3, 0.4) is 0 Å². The smallest absolute Gasteiger partial charge is 0.0681 e. The van der Waals surface area contributed by atoms with E-state index in [1.807, 2.05) is 0 Å². The summed E-state index contributed by atoms with van der Waals surface area (Å²) in [6, 6.07) is 0. The van der Waals surface area contributed by atoms with Gasteiger partial charge in [-0.2, -0.15) is 0 Å². The van der Waals surface area contributed by atoms with Crippen molar-refractivity contribution in [2.24, 2.45) is 0 Å². The number of hydrazine groups is 1. The van der Waals surface area contributed by atoms with E-state index in [0.717, 1.165) is 32.2 Å². The first-order valence-corrected chi connectivity index (χ1v) is 21.0. The van der Waals surface area contributed by atoms with Gasteiger partial charge in [0.1, 0.15) is 0 Å². The second kappa shape index (κ2) is 38.3. The van der Waals surface area contributed by atoms with Gasteiger partial charge in [0.15, 0.2) is 0 Å². The number of nitrogens with one attached hydrogen (secondary N) is 1. The first-order valence-electron chi connectivity index (χ1n) is 21.0. The fourth-order valence-electron chi connectivity index (χ4n) is 6.62. The topological polar surface area (TPSA) is 55.7 Å². The molecular weight excluding hydrogens is 552 g/mol. The minimum atomic E-state index is -0.294. The average Bonchev–Trinajstić information content (AvgIpc) is 3.04. The van der Waals surface area contributed by atoms with Crippen LogP contribution in [-0.2, 0) is 0 Å². The monoisotopic (exact) mass is 639 g/mol. The van der Waals surface area contributed by atoms with Crippen LogP contribution in [0.25, 0.3) is 0 Å². The van der Waals surface area contributed by atoms with Crippen molar-refractivity contribution in [2.45, 2.75) is 245 Å². The lowest BCUT2D eigenvalue weighted by Gasteiger charge is -2.27. The summed E-state index contributed by atoms with van der Waals surface area (Å²) in [7, 11) is 0. The van der Waals surface area contributed by atoms with Crippen molar-refractivity contribution in [1.29, 1.82) is 0 Å². The Morgan fingerprint density at radius 2 is 0.667 bits per heavy atom. The lowest BCUT2D eigenvalue weighted by Crippen LogP contribution is -2.46. The zero-order chi connectivity index (χ0) is 32.9. The fraction of sp³-hybridized carbons (Fsp3) is 1.00. The molecule has 0 radical (unpaired) electrons. The molecule has 0 aromatic heterocycles. The average molecular weight is 639 g/mol. The first-order chi connectivity index (χ1) is 22.1. The Labute approximate surface area is 284 Å². The molecule has 0 aromatic rings. The maximum Gasteiger partial charge on any atom is 0.0681 e. The van der Waals surface area contributed by atoms with Crippen molar-refractivity contribution in [3.8, 4) is 0 Å². The Bertz CT molecular complexity index is 532. The quantitative estimate of drug-likeness (QED) is 0.0463. The van der Waals surface area contributed by atoms with Gasteiger partial charge in [0.05, 0.1) is 12.2 Å². The molecule has 0 saturated carbocycles. The molecule has 0 saturated heterocycles. The predicted molar refractivity (Wildman–Crippen MR) is 201 cm³/mol. The summed E-state index contributed by atoms with van der Waals surface area (Å²) in [5, 5.41) is 23.7. The van der Waals surface area contributed by atoms with Crippen molar-refractivity contribution in [2.75, 3.05) is 19.6 Å². The van der Waals surface area contributed by atoms with Crippen LogP contribution in [0.15, 0.2) is 0 Å². The number of nitrogens with zero attached hydrogens (tertiary/aromatic N) is 1. The SMILES string of the molecule is CCCCCCCCCCCCCCN(CC(O)CCCCCCCCCCC)NCC(O)CCCCCCCCCCCC. The highest BCUT2D eigenvalue weighted by atomic mass is 16.3. The molecule has 4 nitrogen and oxygen atoms in total. The molecule has 0 aliphatic carbocycles. The zero-order valence-electron chi connectivity index (χ0n) is 31.5. The Kier molecular flexibility index (Phi) is 38.2. The van der Waals surface area contributed by atoms with Crippen molar-refractivity contribution in [1.82, 2.24) is 10.4 Å². The van der Waals surface area contributed by atoms with Gasteiger partial charge in [0.2, 0.25) is 0 Å². The molecule has 3 N–H and O–H groups in total. The van der Waals surface area contributed by atoms with Crippen LogP contribution < -0.4 is 5.43 Å². The van der Waals surface area contributed by atoms with Crippen LogP contribution >= 0.6 is 0 Å². The highest BCUT2D eigenvalue weighted by Crippen LogP contribution is 2.15. The van der Waals surface area contributed by atoms with E-state index < -0.39 is 0 Å². The molecule has 0 heterocycles. The zero-order valence-corrected chi connectivity index (χ0v) is 31.5. The van der Waals surface area contributed by atoms with Crippen molar-refractivity contribution in [3.63, 3.8) is 0 Å². The van der Waals surface area contributed by atoms with Crippen LogP contribution in [0.1, 0.15) is 233 Å². The van der Waals surface area contributed by atoms with Gasteiger partial charge in [0, 0.05) is 19.6 Å². The standard InChI is InChI=1S/C41H86N2O2/c1-4-7-10-13-16-19-21-22-25-28-31-34-37-43(39-41(45)36-33-30-27-23-18-15-12-9-6-3)42-38-40(44)35-32-29-26-24-20-17-14-11-8-5-2/h40-42,44-45H,4-39H2,1-3H3. The highest BCUT2D eigenvalue weighted by molar-refractivity contribution is 4.66. The summed E-state index contributed by atoms with van der Waals surface area (Å²) in [5.74, 6) is 0. The molecule has 4 heteroatoms. The molecule has 0 rings (SSSR count). The molecule has 45 heavy (non-hydrogen) atoms. The molecule has 0 spiro atoms. The normalized spacial score (nSPS) is 13.2. The second-order valence-corrected chi connectivity index (χ2v) is 14.6. The van der Waals surface area contributed by atoms with Crippen molar-refractivity contribution < 1.29 is 10.2 Å². The van der Waals surface area contributed by atoms with E-state index in [4.69, 9.17) is 0 Å². The minimum Gasteiger partial charge on any atom is -0.392 e. The van der Waals surface area contributed by atoms with E-state index in [1.165, 1.54) is 186 Å². The summed E-state index contributed by atoms with van der Waals surface area (Å²) in [6.45, 7) is 9.11. The molecule has 0 fully saturated rings. The third-order valence-electron chi connectivity index (χ3n) is 9.80. The van der Waals surface area contributed by atoms with E-state index in [2.05, 4.69) is 31.2 Å². The molecule has 0 bridgehead atoms. The lowest BCUT2D eigenvalue weighted by atomic mass is 10.0. The van der Waals surface area contributed by atoms with Gasteiger partial charge < -0.3 is 10.2 Å². The van der Waals surface area contributed by atoms with Crippen molar-refractivity contribution in [3.05, 3.63) is 0 Å². The largest absolute Gasteiger partial charge is 0.392 e. The maximum atomic E-state index is 10.8. The van der Waals surface area contributed by atoms with Gasteiger partial charge in [0.25, 0.3) is 0 Å². The molecule has 272 valence electrons. The van der Waals surface area contributed by atoms with E-state index in [1.54, 1.807) is 0 Å². The summed E-state index contributed by atoms with van der Waals surface area (Å²) in [4.78, 5) is 0. The molecule has 2 unspecified atom stereocenters. The van der Waals surface area contributed by atoms with Crippen LogP contribution in [0, 0.1) is 0 Å². The summed E-state index contributed by atoms with van der Waals surface area (Å²) in [5.41, 5.74) is 3.53. The Morgan fingerprint density at radius 3 is 1.02 bits per heavy atom. The summed E-state index contributed by atoms with van der Waals surface area (Å²) >= 11 is 0. The number of hydrogen-bond donors (Lipinski definition) is 3. The molecule has 0 amide bonds. The number of aliphatic hydroxyl groups is 2. The second-order valence-electron chi connectivity index (χ2n) is 14.6. The van der Waals surface area contributed by atoms with E-state index in [9.17, 15) is 10.2 Å². The van der Waals surface area contributed by atoms with Crippen molar-refractivity contribution >= 4 is 0 Å². The molecule has 0 aliphatic rings. The molecule has 2 atom stereocenters. The van der Waals surface area contributed by atoms with Gasteiger partial charge in [-0.25, -0.2) is 5.01 Å². The minimum absolute atomic E-state index is 0.279. The number of hydrogen-bond acceptors (Lipinski definition) is 4. The summed E-state index contributed by atoms with van der Waals surface area (Å²) < 4.78 is 0. The van der Waals surface area contributed by atoms with Gasteiger partial charge in [-0.05, 0) is 19.3 Å². The number of unbranched alkanes of at least 4 members (excludes halogenated alkanes) is 28. The van der Waals surface area contributed by atoms with Gasteiger partial charge in [-0.15, -0.1) is 0 Å². The molecule has 0 aromatic carbocycles. The number of rotatable bonds is 39. The molecule has 0 aliphatic heterocycles. The Balaban J connectivity index is 4.18. The van der Waals surface area contributed by atoms with Gasteiger partial charge in [-0.3, -0.25) is 5.43 Å². The van der Waals surface area contributed by atoms with Gasteiger partial charge in [-0.1, -0.05) is 213 Å². The highest BCUT2D eigenvalue weighted by Gasteiger charge is 2.13. The lowest BCUT2D eigenvalue weighted by molar-refractivity contribution is 0.0538. The Morgan fingerprint density at radius 1 is 0.378 bits per heavy atom. The van der Waals surface area contributed by atoms with E-state index in [0.29, 0.717) is 13.1 Å². The van der Waals surface area contributed by atoms with Crippen LogP contribution in [0.4, 0.5) is 0 Å². The Hall–Kier alpha value is -0.160. The third kappa shape index (κ3) is 36.5. The van der Waals surface area contributed by atoms with Gasteiger partial charge >= 0.3 is 0 Å². The third-order valence-corrected chi connectivity index (χ3v) is 9.80. The van der Waals surface area contributed by atoms with E-state index in [-0.39, 0.29) is 12.2 Å². The van der Waals surface area contributed by atoms with Crippen LogP contribution in [0.2, 0.25) is 0 Å².